The molecule has 0 aliphatic heterocycles. The van der Waals surface area contributed by atoms with Crippen molar-refractivity contribution >= 4 is 44.0 Å². The van der Waals surface area contributed by atoms with Crippen LogP contribution in [0.3, 0.4) is 0 Å². The third kappa shape index (κ3) is 4.68. The van der Waals surface area contributed by atoms with Crippen LogP contribution in [0.4, 0.5) is 0 Å². The van der Waals surface area contributed by atoms with Crippen LogP contribution >= 0.6 is 31.9 Å². The first-order chi connectivity index (χ1) is 11.2. The van der Waals surface area contributed by atoms with Crippen LogP contribution in [0.1, 0.15) is 42.3 Å². The molecule has 0 aliphatic carbocycles. The maximum atomic E-state index is 12.1. The summed E-state index contributed by atoms with van der Waals surface area (Å²) in [6.07, 6.45) is 1.47. The highest BCUT2D eigenvalue weighted by molar-refractivity contribution is 9.11. The lowest BCUT2D eigenvalue weighted by molar-refractivity contribution is 0.0955. The number of phenols is 1. The van der Waals surface area contributed by atoms with E-state index in [2.05, 4.69) is 63.2 Å². The molecule has 0 aliphatic rings. The number of amides is 1. The fourth-order valence-electron chi connectivity index (χ4n) is 2.00. The van der Waals surface area contributed by atoms with Crippen molar-refractivity contribution in [2.45, 2.75) is 26.2 Å². The molecule has 0 fully saturated rings. The first-order valence-electron chi connectivity index (χ1n) is 7.30. The summed E-state index contributed by atoms with van der Waals surface area (Å²) in [6, 6.07) is 10.7. The van der Waals surface area contributed by atoms with Gasteiger partial charge in [-0.3, -0.25) is 4.79 Å². The molecule has 0 bridgehead atoms. The average Bonchev–Trinajstić information content (AvgIpc) is 2.51. The number of carbonyl (C=O) groups is 1. The Kier molecular flexibility index (Phi) is 5.83. The predicted molar refractivity (Wildman–Crippen MR) is 104 cm³/mol. The van der Waals surface area contributed by atoms with Crippen molar-refractivity contribution in [2.75, 3.05) is 0 Å². The number of carbonyl (C=O) groups excluding carboxylic acids is 1. The number of nitrogens with zero attached hydrogens (tertiary/aromatic N) is 1. The quantitative estimate of drug-likeness (QED) is 0.508. The molecule has 0 radical (unpaired) electrons. The van der Waals surface area contributed by atoms with Gasteiger partial charge in [0.15, 0.2) is 0 Å². The van der Waals surface area contributed by atoms with Gasteiger partial charge in [-0.2, -0.15) is 5.10 Å². The maximum absolute atomic E-state index is 12.1. The second kappa shape index (κ2) is 7.49. The SMILES string of the molecule is CC(C)(C)c1ccc(C(=O)N/N=C/c2cc(O)c(Br)cc2Br)cc1. The van der Waals surface area contributed by atoms with E-state index in [1.165, 1.54) is 6.21 Å². The molecule has 2 aromatic carbocycles. The van der Waals surface area contributed by atoms with Crippen molar-refractivity contribution in [3.05, 3.63) is 62.0 Å². The second-order valence-corrected chi connectivity index (χ2v) is 8.06. The average molecular weight is 454 g/mol. The highest BCUT2D eigenvalue weighted by Crippen LogP contribution is 2.29. The molecule has 0 heterocycles. The number of hydrogen-bond acceptors (Lipinski definition) is 3. The molecular weight excluding hydrogens is 436 g/mol. The Bertz CT molecular complexity index is 779. The molecule has 6 heteroatoms. The van der Waals surface area contributed by atoms with Gasteiger partial charge in [-0.25, -0.2) is 5.43 Å². The molecule has 24 heavy (non-hydrogen) atoms. The van der Waals surface area contributed by atoms with Crippen molar-refractivity contribution in [3.8, 4) is 5.75 Å². The number of halogens is 2. The number of rotatable bonds is 3. The van der Waals surface area contributed by atoms with Crippen molar-refractivity contribution in [1.82, 2.24) is 5.43 Å². The van der Waals surface area contributed by atoms with Crippen molar-refractivity contribution < 1.29 is 9.90 Å². The van der Waals surface area contributed by atoms with Crippen molar-refractivity contribution in [2.24, 2.45) is 5.10 Å². The van der Waals surface area contributed by atoms with E-state index in [1.54, 1.807) is 24.3 Å². The zero-order chi connectivity index (χ0) is 17.9. The summed E-state index contributed by atoms with van der Waals surface area (Å²) in [4.78, 5) is 12.1. The van der Waals surface area contributed by atoms with Crippen LogP contribution in [0, 0.1) is 0 Å². The van der Waals surface area contributed by atoms with E-state index in [1.807, 2.05) is 12.1 Å². The molecule has 126 valence electrons. The summed E-state index contributed by atoms with van der Waals surface area (Å²) in [5.74, 6) is -0.187. The fourth-order valence-corrected chi connectivity index (χ4v) is 3.10. The molecular formula is C18H18Br2N2O2. The third-order valence-corrected chi connectivity index (χ3v) is 4.77. The van der Waals surface area contributed by atoms with Gasteiger partial charge in [0.25, 0.3) is 5.91 Å². The standard InChI is InChI=1S/C18H18Br2N2O2/c1-18(2,3)13-6-4-11(5-7-13)17(24)22-21-10-12-8-16(23)15(20)9-14(12)19/h4-10,23H,1-3H3,(H,22,24)/b21-10+. The number of hydrogen-bond donors (Lipinski definition) is 2. The summed E-state index contributed by atoms with van der Waals surface area (Å²) in [5.41, 5.74) is 4.88. The molecule has 0 saturated carbocycles. The summed E-state index contributed by atoms with van der Waals surface area (Å²) in [7, 11) is 0. The molecule has 0 unspecified atom stereocenters. The van der Waals surface area contributed by atoms with Gasteiger partial charge in [0.1, 0.15) is 5.75 Å². The fraction of sp³-hybridized carbons (Fsp3) is 0.222. The lowest BCUT2D eigenvalue weighted by Gasteiger charge is -2.18. The van der Waals surface area contributed by atoms with Crippen LogP contribution in [0.2, 0.25) is 0 Å². The number of aromatic hydroxyl groups is 1. The van der Waals surface area contributed by atoms with Crippen LogP contribution in [-0.4, -0.2) is 17.2 Å². The number of hydrazone groups is 1. The van der Waals surface area contributed by atoms with E-state index >= 15 is 0 Å². The van der Waals surface area contributed by atoms with Gasteiger partial charge in [-0.1, -0.05) is 48.8 Å². The Labute approximate surface area is 158 Å². The topological polar surface area (TPSA) is 61.7 Å². The highest BCUT2D eigenvalue weighted by Gasteiger charge is 2.14. The highest BCUT2D eigenvalue weighted by atomic mass is 79.9. The van der Waals surface area contributed by atoms with Crippen molar-refractivity contribution in [3.63, 3.8) is 0 Å². The van der Waals surface area contributed by atoms with Crippen LogP contribution in [-0.2, 0) is 5.41 Å². The minimum absolute atomic E-state index is 0.0447. The Morgan fingerprint density at radius 2 is 1.75 bits per heavy atom. The molecule has 1 amide bonds. The third-order valence-electron chi connectivity index (χ3n) is 3.45. The molecule has 0 atom stereocenters. The first kappa shape index (κ1) is 18.7. The molecule has 2 rings (SSSR count). The van der Waals surface area contributed by atoms with Crippen LogP contribution in [0.25, 0.3) is 0 Å². The molecule has 0 aromatic heterocycles. The van der Waals surface area contributed by atoms with Crippen LogP contribution < -0.4 is 5.43 Å². The molecule has 2 aromatic rings. The number of phenolic OH excluding ortho intramolecular Hbond substituents is 1. The van der Waals surface area contributed by atoms with Gasteiger partial charge >= 0.3 is 0 Å². The molecule has 0 spiro atoms. The van der Waals surface area contributed by atoms with Gasteiger partial charge in [-0.05, 0) is 51.2 Å². The van der Waals surface area contributed by atoms with E-state index in [0.29, 0.717) is 15.6 Å². The lowest BCUT2D eigenvalue weighted by atomic mass is 9.87. The van der Waals surface area contributed by atoms with Gasteiger partial charge in [-0.15, -0.1) is 0 Å². The van der Waals surface area contributed by atoms with Gasteiger partial charge < -0.3 is 5.11 Å². The van der Waals surface area contributed by atoms with Gasteiger partial charge in [0.05, 0.1) is 10.7 Å². The molecule has 2 N–H and O–H groups in total. The summed E-state index contributed by atoms with van der Waals surface area (Å²) < 4.78 is 1.33. The predicted octanol–water partition coefficient (Wildman–Crippen LogP) is 4.98. The Morgan fingerprint density at radius 3 is 2.33 bits per heavy atom. The van der Waals surface area contributed by atoms with E-state index in [4.69, 9.17) is 0 Å². The first-order valence-corrected chi connectivity index (χ1v) is 8.89. The smallest absolute Gasteiger partial charge is 0.271 e. The Balaban J connectivity index is 2.07. The zero-order valence-corrected chi connectivity index (χ0v) is 16.8. The number of nitrogens with one attached hydrogen (secondary N) is 1. The number of benzene rings is 2. The van der Waals surface area contributed by atoms with Crippen LogP contribution in [0.5, 0.6) is 5.75 Å². The molecule has 0 saturated heterocycles. The van der Waals surface area contributed by atoms with Gasteiger partial charge in [0, 0.05) is 15.6 Å². The van der Waals surface area contributed by atoms with E-state index in [0.717, 1.165) is 10.0 Å². The van der Waals surface area contributed by atoms with E-state index < -0.39 is 0 Å². The maximum Gasteiger partial charge on any atom is 0.271 e. The monoisotopic (exact) mass is 452 g/mol. The summed E-state index contributed by atoms with van der Waals surface area (Å²) in [6.45, 7) is 6.37. The minimum Gasteiger partial charge on any atom is -0.507 e. The zero-order valence-electron chi connectivity index (χ0n) is 13.6. The van der Waals surface area contributed by atoms with E-state index in [9.17, 15) is 9.90 Å². The van der Waals surface area contributed by atoms with Crippen LogP contribution in [0.15, 0.2) is 50.4 Å². The van der Waals surface area contributed by atoms with Gasteiger partial charge in [0.2, 0.25) is 0 Å². The normalized spacial score (nSPS) is 11.7. The Hall–Kier alpha value is -1.66. The largest absolute Gasteiger partial charge is 0.507 e. The van der Waals surface area contributed by atoms with E-state index in [-0.39, 0.29) is 17.1 Å². The second-order valence-electron chi connectivity index (χ2n) is 6.35. The van der Waals surface area contributed by atoms with Crippen molar-refractivity contribution in [1.29, 1.82) is 0 Å². The molecule has 4 nitrogen and oxygen atoms in total. The lowest BCUT2D eigenvalue weighted by Crippen LogP contribution is -2.18. The summed E-state index contributed by atoms with van der Waals surface area (Å²) in [5, 5.41) is 13.6. The Morgan fingerprint density at radius 1 is 1.12 bits per heavy atom. The summed E-state index contributed by atoms with van der Waals surface area (Å²) >= 11 is 6.60. The minimum atomic E-state index is -0.288.